The van der Waals surface area contributed by atoms with Gasteiger partial charge in [-0.15, -0.1) is 0 Å². The Hall–Kier alpha value is -1.95. The first-order chi connectivity index (χ1) is 8.65. The van der Waals surface area contributed by atoms with Gasteiger partial charge in [0.05, 0.1) is 7.11 Å². The van der Waals surface area contributed by atoms with Gasteiger partial charge in [0.1, 0.15) is 5.82 Å². The summed E-state index contributed by atoms with van der Waals surface area (Å²) in [6.07, 6.45) is 0.306. The summed E-state index contributed by atoms with van der Waals surface area (Å²) in [7, 11) is 1.28. The number of aliphatic hydroxyl groups excluding tert-OH is 1. The second kappa shape index (κ2) is 5.14. The number of ether oxygens (including phenoxy) is 1. The van der Waals surface area contributed by atoms with Crippen LogP contribution in [0.1, 0.15) is 16.9 Å². The van der Waals surface area contributed by atoms with Gasteiger partial charge in [-0.2, -0.15) is 0 Å². The molecule has 0 radical (unpaired) electrons. The van der Waals surface area contributed by atoms with E-state index in [0.717, 1.165) is 0 Å². The summed E-state index contributed by atoms with van der Waals surface area (Å²) in [4.78, 5) is 28.7. The average molecular weight is 250 g/mol. The van der Waals surface area contributed by atoms with Crippen LogP contribution in [0.15, 0.2) is 18.2 Å². The number of hydrogen-bond donors (Lipinski definition) is 1. The van der Waals surface area contributed by atoms with Gasteiger partial charge in [-0.3, -0.25) is 9.69 Å². The topological polar surface area (TPSA) is 79.7 Å². The van der Waals surface area contributed by atoms with Gasteiger partial charge in [-0.25, -0.2) is 9.78 Å². The van der Waals surface area contributed by atoms with Crippen molar-refractivity contribution < 1.29 is 19.4 Å². The summed E-state index contributed by atoms with van der Waals surface area (Å²) >= 11 is 0. The van der Waals surface area contributed by atoms with Gasteiger partial charge >= 0.3 is 5.97 Å². The third kappa shape index (κ3) is 2.33. The van der Waals surface area contributed by atoms with Crippen molar-refractivity contribution >= 4 is 17.7 Å². The number of carbonyl (C=O) groups is 2. The highest BCUT2D eigenvalue weighted by atomic mass is 16.5. The number of amides is 1. The second-order valence-electron chi connectivity index (χ2n) is 4.13. The smallest absolute Gasteiger partial charge is 0.356 e. The van der Waals surface area contributed by atoms with Crippen LogP contribution in [0.2, 0.25) is 0 Å². The maximum absolute atomic E-state index is 11.8. The first kappa shape index (κ1) is 12.5. The van der Waals surface area contributed by atoms with E-state index in [-0.39, 0.29) is 24.1 Å². The lowest BCUT2D eigenvalue weighted by Gasteiger charge is -2.15. The quantitative estimate of drug-likeness (QED) is 0.776. The molecule has 6 heteroatoms. The molecule has 2 rings (SSSR count). The Kier molecular flexibility index (Phi) is 3.57. The lowest BCUT2D eigenvalue weighted by Crippen LogP contribution is -2.26. The predicted octanol–water partition coefficient (Wildman–Crippen LogP) is 0.213. The number of anilines is 1. The van der Waals surface area contributed by atoms with E-state index in [2.05, 4.69) is 9.72 Å². The van der Waals surface area contributed by atoms with Gasteiger partial charge in [0.15, 0.2) is 5.69 Å². The highest BCUT2D eigenvalue weighted by Crippen LogP contribution is 2.23. The minimum atomic E-state index is -0.540. The van der Waals surface area contributed by atoms with Crippen molar-refractivity contribution in [1.82, 2.24) is 4.98 Å². The van der Waals surface area contributed by atoms with Gasteiger partial charge in [-0.05, 0) is 12.1 Å². The van der Waals surface area contributed by atoms with E-state index >= 15 is 0 Å². The Morgan fingerprint density at radius 1 is 1.61 bits per heavy atom. The molecule has 18 heavy (non-hydrogen) atoms. The van der Waals surface area contributed by atoms with Crippen LogP contribution in [-0.2, 0) is 9.53 Å². The Bertz CT molecular complexity index is 475. The molecule has 1 N–H and O–H groups in total. The van der Waals surface area contributed by atoms with Crippen LogP contribution in [0.3, 0.4) is 0 Å². The van der Waals surface area contributed by atoms with Crippen molar-refractivity contribution in [3.05, 3.63) is 23.9 Å². The highest BCUT2D eigenvalue weighted by Gasteiger charge is 2.31. The molecule has 1 amide bonds. The van der Waals surface area contributed by atoms with Crippen molar-refractivity contribution in [1.29, 1.82) is 0 Å². The van der Waals surface area contributed by atoms with E-state index in [0.29, 0.717) is 18.8 Å². The molecule has 2 heterocycles. The summed E-state index contributed by atoms with van der Waals surface area (Å²) in [6, 6.07) is 4.83. The molecule has 1 unspecified atom stereocenters. The third-order valence-corrected chi connectivity index (χ3v) is 2.87. The van der Waals surface area contributed by atoms with Gasteiger partial charge in [0, 0.05) is 25.5 Å². The molecule has 1 aliphatic heterocycles. The number of rotatable bonds is 3. The molecule has 1 aromatic heterocycles. The maximum Gasteiger partial charge on any atom is 0.356 e. The van der Waals surface area contributed by atoms with Crippen LogP contribution in [0.5, 0.6) is 0 Å². The highest BCUT2D eigenvalue weighted by molar-refractivity contribution is 5.95. The summed E-state index contributed by atoms with van der Waals surface area (Å²) in [5, 5.41) is 9.06. The van der Waals surface area contributed by atoms with Gasteiger partial charge < -0.3 is 9.84 Å². The van der Waals surface area contributed by atoms with Crippen molar-refractivity contribution in [2.45, 2.75) is 6.42 Å². The van der Waals surface area contributed by atoms with E-state index in [9.17, 15) is 9.59 Å². The summed E-state index contributed by atoms with van der Waals surface area (Å²) in [5.41, 5.74) is 0.162. The van der Waals surface area contributed by atoms with Crippen molar-refractivity contribution in [3.63, 3.8) is 0 Å². The van der Waals surface area contributed by atoms with Crippen molar-refractivity contribution in [2.75, 3.05) is 25.2 Å². The maximum atomic E-state index is 11.8. The molecule has 0 aliphatic carbocycles. The van der Waals surface area contributed by atoms with Crippen molar-refractivity contribution in [2.24, 2.45) is 5.92 Å². The number of esters is 1. The first-order valence-electron chi connectivity index (χ1n) is 5.62. The molecule has 1 saturated heterocycles. The van der Waals surface area contributed by atoms with Crippen LogP contribution < -0.4 is 4.90 Å². The Morgan fingerprint density at radius 2 is 2.39 bits per heavy atom. The third-order valence-electron chi connectivity index (χ3n) is 2.87. The standard InChI is InChI=1S/C12H14N2O4/c1-18-12(17)9-3-2-4-10(13-9)14-6-8(7-15)5-11(14)16/h2-4,8,15H,5-7H2,1H3. The van der Waals surface area contributed by atoms with Gasteiger partial charge in [0.25, 0.3) is 0 Å². The normalized spacial score (nSPS) is 19.1. The SMILES string of the molecule is COC(=O)c1cccc(N2CC(CO)CC2=O)n1. The molecule has 1 aromatic rings. The van der Waals surface area contributed by atoms with E-state index in [1.54, 1.807) is 12.1 Å². The number of nitrogens with zero attached hydrogens (tertiary/aromatic N) is 2. The zero-order chi connectivity index (χ0) is 13.1. The lowest BCUT2D eigenvalue weighted by atomic mass is 10.1. The minimum absolute atomic E-state index is 0.0288. The number of carbonyl (C=O) groups excluding carboxylic acids is 2. The molecular weight excluding hydrogens is 236 g/mol. The zero-order valence-corrected chi connectivity index (χ0v) is 10.00. The van der Waals surface area contributed by atoms with Gasteiger partial charge in [0.2, 0.25) is 5.91 Å². The molecule has 0 bridgehead atoms. The molecule has 1 fully saturated rings. The fourth-order valence-electron chi connectivity index (χ4n) is 1.92. The Morgan fingerprint density at radius 3 is 3.00 bits per heavy atom. The van der Waals surface area contributed by atoms with Crippen molar-refractivity contribution in [3.8, 4) is 0 Å². The van der Waals surface area contributed by atoms with E-state index in [1.807, 2.05) is 0 Å². The Labute approximate surface area is 104 Å². The van der Waals surface area contributed by atoms with Crippen LogP contribution in [0.25, 0.3) is 0 Å². The zero-order valence-electron chi connectivity index (χ0n) is 10.00. The molecule has 0 spiro atoms. The molecular formula is C12H14N2O4. The number of methoxy groups -OCH3 is 1. The lowest BCUT2D eigenvalue weighted by molar-refractivity contribution is -0.117. The summed E-state index contributed by atoms with van der Waals surface area (Å²) in [5.74, 6) is -0.286. The Balaban J connectivity index is 2.24. The van der Waals surface area contributed by atoms with Crippen LogP contribution in [0, 0.1) is 5.92 Å². The number of pyridine rings is 1. The van der Waals surface area contributed by atoms with E-state index in [1.165, 1.54) is 18.1 Å². The number of hydrogen-bond acceptors (Lipinski definition) is 5. The molecule has 0 aromatic carbocycles. The van der Waals surface area contributed by atoms with E-state index < -0.39 is 5.97 Å². The second-order valence-corrected chi connectivity index (χ2v) is 4.13. The van der Waals surface area contributed by atoms with Crippen LogP contribution >= 0.6 is 0 Å². The van der Waals surface area contributed by atoms with Crippen LogP contribution in [0.4, 0.5) is 5.82 Å². The number of aliphatic hydroxyl groups is 1. The minimum Gasteiger partial charge on any atom is -0.464 e. The molecule has 0 saturated carbocycles. The molecule has 1 aliphatic rings. The molecule has 6 nitrogen and oxygen atoms in total. The average Bonchev–Trinajstić information content (AvgIpc) is 2.79. The fraction of sp³-hybridized carbons (Fsp3) is 0.417. The fourth-order valence-corrected chi connectivity index (χ4v) is 1.92. The monoisotopic (exact) mass is 250 g/mol. The van der Waals surface area contributed by atoms with Crippen LogP contribution in [-0.4, -0.2) is 42.2 Å². The molecule has 1 atom stereocenters. The van der Waals surface area contributed by atoms with E-state index in [4.69, 9.17) is 5.11 Å². The molecule has 96 valence electrons. The first-order valence-corrected chi connectivity index (χ1v) is 5.62. The van der Waals surface area contributed by atoms with Gasteiger partial charge in [-0.1, -0.05) is 6.07 Å². The number of aromatic nitrogens is 1. The largest absolute Gasteiger partial charge is 0.464 e. The summed E-state index contributed by atoms with van der Waals surface area (Å²) in [6.45, 7) is 0.395. The predicted molar refractivity (Wildman–Crippen MR) is 63.1 cm³/mol. The summed E-state index contributed by atoms with van der Waals surface area (Å²) < 4.78 is 4.58.